The molecule has 0 unspecified atom stereocenters. The number of nitrogens with one attached hydrogen (secondary N) is 1. The van der Waals surface area contributed by atoms with Crippen LogP contribution < -0.4 is 4.72 Å². The quantitative estimate of drug-likeness (QED) is 0.795. The van der Waals surface area contributed by atoms with Gasteiger partial charge in [0, 0.05) is 24.7 Å². The van der Waals surface area contributed by atoms with Gasteiger partial charge in [0.25, 0.3) is 0 Å². The predicted octanol–water partition coefficient (Wildman–Crippen LogP) is 1.99. The molecule has 2 rings (SSSR count). The van der Waals surface area contributed by atoms with Crippen LogP contribution in [0.1, 0.15) is 6.42 Å². The van der Waals surface area contributed by atoms with Gasteiger partial charge in [-0.05, 0) is 31.2 Å². The van der Waals surface area contributed by atoms with E-state index in [1.165, 1.54) is 12.1 Å². The van der Waals surface area contributed by atoms with Crippen molar-refractivity contribution in [2.24, 2.45) is 0 Å². The summed E-state index contributed by atoms with van der Waals surface area (Å²) in [4.78, 5) is 2.27. The Morgan fingerprint density at radius 3 is 2.67 bits per heavy atom. The average molecular weight is 353 g/mol. The summed E-state index contributed by atoms with van der Waals surface area (Å²) in [5, 5.41) is 0.508. The average Bonchev–Trinajstić information content (AvgIpc) is 2.47. The summed E-state index contributed by atoms with van der Waals surface area (Å²) in [6, 6.07) is 4.39. The molecule has 1 fully saturated rings. The maximum Gasteiger partial charge on any atom is 0.242 e. The van der Waals surface area contributed by atoms with E-state index in [2.05, 4.69) is 9.62 Å². The van der Waals surface area contributed by atoms with Gasteiger partial charge in [-0.25, -0.2) is 13.1 Å². The summed E-state index contributed by atoms with van der Waals surface area (Å²) in [5.74, 6) is 0. The largest absolute Gasteiger partial charge is 0.379 e. The molecule has 1 aromatic carbocycles. The van der Waals surface area contributed by atoms with Crippen LogP contribution >= 0.6 is 23.2 Å². The molecular weight excluding hydrogens is 335 g/mol. The van der Waals surface area contributed by atoms with Crippen molar-refractivity contribution in [3.05, 3.63) is 28.2 Å². The maximum absolute atomic E-state index is 12.2. The van der Waals surface area contributed by atoms with Crippen molar-refractivity contribution in [2.45, 2.75) is 11.3 Å². The second-order valence-corrected chi connectivity index (χ2v) is 7.36. The second kappa shape index (κ2) is 7.76. The summed E-state index contributed by atoms with van der Waals surface area (Å²) < 4.78 is 32.2. The first-order valence-corrected chi connectivity index (χ1v) is 8.98. The molecule has 0 spiro atoms. The van der Waals surface area contributed by atoms with Crippen LogP contribution in [-0.2, 0) is 14.8 Å². The van der Waals surface area contributed by atoms with Crippen molar-refractivity contribution < 1.29 is 13.2 Å². The minimum atomic E-state index is -3.63. The molecule has 0 aliphatic carbocycles. The number of hydrogen-bond donors (Lipinski definition) is 1. The molecule has 1 saturated heterocycles. The number of rotatable bonds is 6. The van der Waals surface area contributed by atoms with Crippen LogP contribution in [0.5, 0.6) is 0 Å². The normalized spacial score (nSPS) is 17.0. The molecule has 1 aliphatic heterocycles. The highest BCUT2D eigenvalue weighted by Gasteiger charge is 2.18. The molecule has 1 aliphatic rings. The Morgan fingerprint density at radius 1 is 1.24 bits per heavy atom. The van der Waals surface area contributed by atoms with Crippen LogP contribution in [-0.4, -0.2) is 52.7 Å². The Morgan fingerprint density at radius 2 is 1.95 bits per heavy atom. The van der Waals surface area contributed by atoms with E-state index in [0.29, 0.717) is 11.6 Å². The first-order chi connectivity index (χ1) is 9.99. The summed E-state index contributed by atoms with van der Waals surface area (Å²) in [7, 11) is -3.63. The fraction of sp³-hybridized carbons (Fsp3) is 0.538. The third-order valence-corrected chi connectivity index (χ3v) is 5.41. The maximum atomic E-state index is 12.2. The highest BCUT2D eigenvalue weighted by molar-refractivity contribution is 7.89. The van der Waals surface area contributed by atoms with Gasteiger partial charge in [0.05, 0.1) is 18.2 Å². The molecule has 8 heteroatoms. The van der Waals surface area contributed by atoms with E-state index in [-0.39, 0.29) is 9.92 Å². The Bertz CT molecular complexity index is 575. The van der Waals surface area contributed by atoms with E-state index < -0.39 is 10.0 Å². The van der Waals surface area contributed by atoms with Gasteiger partial charge in [0.2, 0.25) is 10.0 Å². The van der Waals surface area contributed by atoms with Crippen LogP contribution in [0.15, 0.2) is 23.1 Å². The molecule has 118 valence electrons. The Labute approximate surface area is 135 Å². The summed E-state index contributed by atoms with van der Waals surface area (Å²) in [6.07, 6.45) is 0.734. The number of morpholine rings is 1. The van der Waals surface area contributed by atoms with E-state index in [1.54, 1.807) is 6.07 Å². The summed E-state index contributed by atoms with van der Waals surface area (Å²) in [6.45, 7) is 4.48. The third-order valence-electron chi connectivity index (χ3n) is 3.23. The van der Waals surface area contributed by atoms with Gasteiger partial charge in [-0.1, -0.05) is 23.2 Å². The van der Waals surface area contributed by atoms with Crippen molar-refractivity contribution >= 4 is 33.2 Å². The monoisotopic (exact) mass is 352 g/mol. The van der Waals surface area contributed by atoms with Crippen molar-refractivity contribution in [2.75, 3.05) is 39.4 Å². The van der Waals surface area contributed by atoms with E-state index in [1.807, 2.05) is 0 Å². The van der Waals surface area contributed by atoms with Crippen molar-refractivity contribution in [1.82, 2.24) is 9.62 Å². The fourth-order valence-corrected chi connectivity index (χ4v) is 3.93. The molecule has 1 aromatic rings. The molecule has 21 heavy (non-hydrogen) atoms. The predicted molar refractivity (Wildman–Crippen MR) is 83.5 cm³/mol. The number of benzene rings is 1. The Balaban J connectivity index is 1.85. The van der Waals surface area contributed by atoms with Gasteiger partial charge in [-0.3, -0.25) is 4.90 Å². The second-order valence-electron chi connectivity index (χ2n) is 4.78. The van der Waals surface area contributed by atoms with Crippen molar-refractivity contribution in [1.29, 1.82) is 0 Å². The number of halogens is 2. The summed E-state index contributed by atoms with van der Waals surface area (Å²) in [5.41, 5.74) is 0. The number of nitrogens with zero attached hydrogens (tertiary/aromatic N) is 1. The first kappa shape index (κ1) is 17.0. The molecule has 0 radical (unpaired) electrons. The van der Waals surface area contributed by atoms with E-state index >= 15 is 0 Å². The fourth-order valence-electron chi connectivity index (χ4n) is 2.09. The van der Waals surface area contributed by atoms with Crippen molar-refractivity contribution in [3.8, 4) is 0 Å². The third kappa shape index (κ3) is 5.09. The van der Waals surface area contributed by atoms with Crippen LogP contribution in [0.3, 0.4) is 0 Å². The van der Waals surface area contributed by atoms with Gasteiger partial charge in [-0.2, -0.15) is 0 Å². The molecule has 1 N–H and O–H groups in total. The van der Waals surface area contributed by atoms with Gasteiger partial charge < -0.3 is 4.74 Å². The number of hydrogen-bond acceptors (Lipinski definition) is 4. The minimum Gasteiger partial charge on any atom is -0.379 e. The van der Waals surface area contributed by atoms with Crippen LogP contribution in [0.4, 0.5) is 0 Å². The van der Waals surface area contributed by atoms with E-state index in [0.717, 1.165) is 39.3 Å². The molecule has 0 amide bonds. The van der Waals surface area contributed by atoms with Gasteiger partial charge in [0.1, 0.15) is 4.90 Å². The zero-order valence-electron chi connectivity index (χ0n) is 11.5. The molecule has 5 nitrogen and oxygen atoms in total. The minimum absolute atomic E-state index is 0.0167. The number of sulfonamides is 1. The highest BCUT2D eigenvalue weighted by Crippen LogP contribution is 2.24. The lowest BCUT2D eigenvalue weighted by molar-refractivity contribution is 0.0376. The topological polar surface area (TPSA) is 58.6 Å². The van der Waals surface area contributed by atoms with E-state index in [4.69, 9.17) is 27.9 Å². The highest BCUT2D eigenvalue weighted by atomic mass is 35.5. The smallest absolute Gasteiger partial charge is 0.242 e. The van der Waals surface area contributed by atoms with Gasteiger partial charge >= 0.3 is 0 Å². The molecule has 0 aromatic heterocycles. The zero-order valence-corrected chi connectivity index (χ0v) is 13.8. The van der Waals surface area contributed by atoms with Crippen molar-refractivity contribution in [3.63, 3.8) is 0 Å². The van der Waals surface area contributed by atoms with Gasteiger partial charge in [0.15, 0.2) is 0 Å². The van der Waals surface area contributed by atoms with E-state index in [9.17, 15) is 8.42 Å². The lowest BCUT2D eigenvalue weighted by Crippen LogP contribution is -2.38. The summed E-state index contributed by atoms with van der Waals surface area (Å²) >= 11 is 11.7. The lowest BCUT2D eigenvalue weighted by atomic mass is 10.3. The molecule has 0 atom stereocenters. The van der Waals surface area contributed by atoms with Crippen LogP contribution in [0.25, 0.3) is 0 Å². The standard InChI is InChI=1S/C13H18Cl2N2O3S/c14-11-2-3-12(15)13(10-11)21(18,19)16-4-1-5-17-6-8-20-9-7-17/h2-3,10,16H,1,4-9H2. The lowest BCUT2D eigenvalue weighted by Gasteiger charge is -2.26. The zero-order chi connectivity index (χ0) is 15.3. The molecule has 1 heterocycles. The molecule has 0 saturated carbocycles. The Kier molecular flexibility index (Phi) is 6.28. The molecular formula is C13H18Cl2N2O3S. The number of ether oxygens (including phenoxy) is 1. The molecule has 0 bridgehead atoms. The van der Waals surface area contributed by atoms with Gasteiger partial charge in [-0.15, -0.1) is 0 Å². The van der Waals surface area contributed by atoms with Crippen LogP contribution in [0.2, 0.25) is 10.0 Å². The first-order valence-electron chi connectivity index (χ1n) is 6.74. The SMILES string of the molecule is O=S(=O)(NCCCN1CCOCC1)c1cc(Cl)ccc1Cl. The van der Waals surface area contributed by atoms with Crippen LogP contribution in [0, 0.1) is 0 Å². The Hall–Kier alpha value is -0.370.